The number of rotatable bonds is 3. The van der Waals surface area contributed by atoms with E-state index in [0.29, 0.717) is 11.0 Å². The summed E-state index contributed by atoms with van der Waals surface area (Å²) in [6, 6.07) is -0.511. The zero-order chi connectivity index (χ0) is 10.1. The van der Waals surface area contributed by atoms with E-state index in [1.807, 2.05) is 0 Å². The van der Waals surface area contributed by atoms with Crippen LogP contribution in [0.5, 0.6) is 0 Å². The quantitative estimate of drug-likeness (QED) is 0.772. The largest absolute Gasteiger partial charge is 0.320 e. The van der Waals surface area contributed by atoms with Gasteiger partial charge in [0.2, 0.25) is 11.0 Å². The van der Waals surface area contributed by atoms with Crippen LogP contribution < -0.4 is 11.1 Å². The SMILES string of the molecule is C[C@H](N)C(=O)Nc1nnc(C2CC2)s1. The highest BCUT2D eigenvalue weighted by Gasteiger charge is 2.27. The number of nitrogens with two attached hydrogens (primary N) is 1. The predicted octanol–water partition coefficient (Wildman–Crippen LogP) is 0.701. The first-order valence-electron chi connectivity index (χ1n) is 4.56. The fraction of sp³-hybridized carbons (Fsp3) is 0.625. The summed E-state index contributed by atoms with van der Waals surface area (Å²) in [5, 5.41) is 12.1. The number of hydrogen-bond donors (Lipinski definition) is 2. The molecule has 1 aliphatic rings. The van der Waals surface area contributed by atoms with E-state index in [2.05, 4.69) is 15.5 Å². The molecule has 1 aromatic heterocycles. The summed E-state index contributed by atoms with van der Waals surface area (Å²) >= 11 is 1.44. The smallest absolute Gasteiger partial charge is 0.242 e. The lowest BCUT2D eigenvalue weighted by molar-refractivity contribution is -0.117. The second kappa shape index (κ2) is 3.62. The van der Waals surface area contributed by atoms with Crippen molar-refractivity contribution in [3.8, 4) is 0 Å². The first kappa shape index (κ1) is 9.54. The van der Waals surface area contributed by atoms with Crippen LogP contribution in [0.1, 0.15) is 30.7 Å². The Morgan fingerprint density at radius 2 is 2.36 bits per heavy atom. The molecule has 0 unspecified atom stereocenters. The summed E-state index contributed by atoms with van der Waals surface area (Å²) in [5.74, 6) is 0.358. The van der Waals surface area contributed by atoms with Crippen LogP contribution >= 0.6 is 11.3 Å². The van der Waals surface area contributed by atoms with Gasteiger partial charge in [0.25, 0.3) is 0 Å². The summed E-state index contributed by atoms with van der Waals surface area (Å²) in [4.78, 5) is 11.2. The van der Waals surface area contributed by atoms with Gasteiger partial charge in [0.1, 0.15) is 5.01 Å². The summed E-state index contributed by atoms with van der Waals surface area (Å²) in [5.41, 5.74) is 5.41. The second-order valence-corrected chi connectivity index (χ2v) is 4.51. The van der Waals surface area contributed by atoms with Crippen LogP contribution in [0.4, 0.5) is 5.13 Å². The van der Waals surface area contributed by atoms with Crippen molar-refractivity contribution < 1.29 is 4.79 Å². The highest BCUT2D eigenvalue weighted by Crippen LogP contribution is 2.41. The normalized spacial score (nSPS) is 17.9. The molecule has 0 bridgehead atoms. The molecule has 0 aromatic carbocycles. The van der Waals surface area contributed by atoms with E-state index in [-0.39, 0.29) is 5.91 Å². The van der Waals surface area contributed by atoms with Crippen LogP contribution in [-0.2, 0) is 4.79 Å². The van der Waals surface area contributed by atoms with Crippen LogP contribution in [0, 0.1) is 0 Å². The van der Waals surface area contributed by atoms with Crippen LogP contribution in [0.25, 0.3) is 0 Å². The number of carbonyl (C=O) groups excluding carboxylic acids is 1. The van der Waals surface area contributed by atoms with Crippen molar-refractivity contribution in [1.82, 2.24) is 10.2 Å². The average Bonchev–Trinajstić information content (AvgIpc) is 2.88. The van der Waals surface area contributed by atoms with E-state index in [1.54, 1.807) is 6.92 Å². The van der Waals surface area contributed by atoms with Crippen molar-refractivity contribution in [2.75, 3.05) is 5.32 Å². The van der Waals surface area contributed by atoms with Crippen molar-refractivity contribution in [3.05, 3.63) is 5.01 Å². The Morgan fingerprint density at radius 3 is 2.93 bits per heavy atom. The minimum atomic E-state index is -0.511. The van der Waals surface area contributed by atoms with Gasteiger partial charge in [-0.15, -0.1) is 10.2 Å². The fourth-order valence-electron chi connectivity index (χ4n) is 1.000. The maximum absolute atomic E-state index is 11.2. The fourth-order valence-corrected chi connectivity index (χ4v) is 1.91. The molecule has 5 nitrogen and oxygen atoms in total. The highest BCUT2D eigenvalue weighted by molar-refractivity contribution is 7.15. The second-order valence-electron chi connectivity index (χ2n) is 3.50. The van der Waals surface area contributed by atoms with Gasteiger partial charge in [-0.3, -0.25) is 10.1 Å². The molecule has 1 aliphatic carbocycles. The van der Waals surface area contributed by atoms with Gasteiger partial charge in [-0.05, 0) is 19.8 Å². The summed E-state index contributed by atoms with van der Waals surface area (Å²) in [6.07, 6.45) is 2.38. The van der Waals surface area contributed by atoms with Crippen LogP contribution in [0.3, 0.4) is 0 Å². The van der Waals surface area contributed by atoms with Gasteiger partial charge in [-0.1, -0.05) is 11.3 Å². The van der Waals surface area contributed by atoms with Gasteiger partial charge >= 0.3 is 0 Å². The van der Waals surface area contributed by atoms with Crippen LogP contribution in [-0.4, -0.2) is 22.1 Å². The molecule has 0 spiro atoms. The average molecular weight is 212 g/mol. The van der Waals surface area contributed by atoms with Crippen molar-refractivity contribution >= 4 is 22.4 Å². The molecule has 2 rings (SSSR count). The number of hydrogen-bond acceptors (Lipinski definition) is 5. The Balaban J connectivity index is 1.99. The summed E-state index contributed by atoms with van der Waals surface area (Å²) in [6.45, 7) is 1.64. The molecular weight excluding hydrogens is 200 g/mol. The van der Waals surface area contributed by atoms with Crippen molar-refractivity contribution in [2.45, 2.75) is 31.7 Å². The number of amides is 1. The third kappa shape index (κ3) is 2.08. The van der Waals surface area contributed by atoms with Gasteiger partial charge in [-0.2, -0.15) is 0 Å². The maximum Gasteiger partial charge on any atom is 0.242 e. The first-order valence-corrected chi connectivity index (χ1v) is 5.38. The topological polar surface area (TPSA) is 80.9 Å². The molecule has 1 heterocycles. The zero-order valence-electron chi connectivity index (χ0n) is 7.86. The Hall–Kier alpha value is -1.01. The molecule has 3 N–H and O–H groups in total. The molecule has 1 amide bonds. The molecule has 1 fully saturated rings. The number of aromatic nitrogens is 2. The monoisotopic (exact) mass is 212 g/mol. The molecule has 1 aromatic rings. The van der Waals surface area contributed by atoms with Gasteiger partial charge in [0.15, 0.2) is 0 Å². The molecule has 0 saturated heterocycles. The van der Waals surface area contributed by atoms with Gasteiger partial charge in [0, 0.05) is 5.92 Å². The van der Waals surface area contributed by atoms with Crippen LogP contribution in [0.15, 0.2) is 0 Å². The minimum Gasteiger partial charge on any atom is -0.320 e. The summed E-state index contributed by atoms with van der Waals surface area (Å²) < 4.78 is 0. The van der Waals surface area contributed by atoms with Gasteiger partial charge < -0.3 is 5.73 Å². The van der Waals surface area contributed by atoms with Crippen molar-refractivity contribution in [1.29, 1.82) is 0 Å². The van der Waals surface area contributed by atoms with Gasteiger partial charge in [-0.25, -0.2) is 0 Å². The third-order valence-electron chi connectivity index (χ3n) is 2.01. The Bertz CT molecular complexity index is 345. The third-order valence-corrected chi connectivity index (χ3v) is 3.01. The lowest BCUT2D eigenvalue weighted by atomic mass is 10.3. The molecular formula is C8H12N4OS. The summed E-state index contributed by atoms with van der Waals surface area (Å²) in [7, 11) is 0. The van der Waals surface area contributed by atoms with E-state index in [9.17, 15) is 4.79 Å². The van der Waals surface area contributed by atoms with E-state index in [1.165, 1.54) is 24.2 Å². The molecule has 1 atom stereocenters. The van der Waals surface area contributed by atoms with E-state index < -0.39 is 6.04 Å². The Labute approximate surface area is 85.7 Å². The molecule has 76 valence electrons. The molecule has 14 heavy (non-hydrogen) atoms. The number of nitrogens with one attached hydrogen (secondary N) is 1. The molecule has 0 aliphatic heterocycles. The highest BCUT2D eigenvalue weighted by atomic mass is 32.1. The Kier molecular flexibility index (Phi) is 2.47. The lowest BCUT2D eigenvalue weighted by Crippen LogP contribution is -2.32. The molecule has 0 radical (unpaired) electrons. The molecule has 6 heteroatoms. The standard InChI is InChI=1S/C8H12N4OS/c1-4(9)6(13)10-8-12-11-7(14-8)5-2-3-5/h4-5H,2-3,9H2,1H3,(H,10,12,13)/t4-/m0/s1. The zero-order valence-corrected chi connectivity index (χ0v) is 8.67. The lowest BCUT2D eigenvalue weighted by Gasteiger charge is -2.02. The maximum atomic E-state index is 11.2. The van der Waals surface area contributed by atoms with Crippen molar-refractivity contribution in [3.63, 3.8) is 0 Å². The van der Waals surface area contributed by atoms with Crippen LogP contribution in [0.2, 0.25) is 0 Å². The van der Waals surface area contributed by atoms with E-state index in [0.717, 1.165) is 5.01 Å². The van der Waals surface area contributed by atoms with Gasteiger partial charge in [0.05, 0.1) is 6.04 Å². The van der Waals surface area contributed by atoms with E-state index >= 15 is 0 Å². The number of anilines is 1. The van der Waals surface area contributed by atoms with Crippen molar-refractivity contribution in [2.24, 2.45) is 5.73 Å². The van der Waals surface area contributed by atoms with E-state index in [4.69, 9.17) is 5.73 Å². The number of carbonyl (C=O) groups is 1. The first-order chi connectivity index (χ1) is 6.66. The number of nitrogens with zero attached hydrogens (tertiary/aromatic N) is 2. The minimum absolute atomic E-state index is 0.219. The molecule has 1 saturated carbocycles. The predicted molar refractivity (Wildman–Crippen MR) is 54.2 cm³/mol. The Morgan fingerprint density at radius 1 is 1.64 bits per heavy atom.